The number of aromatic nitrogens is 3. The first-order valence-corrected chi connectivity index (χ1v) is 8.30. The molecule has 3 heterocycles. The predicted octanol–water partition coefficient (Wildman–Crippen LogP) is 2.34. The second-order valence-electron chi connectivity index (χ2n) is 6.39. The zero-order valence-electron chi connectivity index (χ0n) is 14.6. The van der Waals surface area contributed by atoms with Crippen LogP contribution >= 0.6 is 0 Å². The van der Waals surface area contributed by atoms with Crippen LogP contribution in [0.2, 0.25) is 0 Å². The van der Waals surface area contributed by atoms with E-state index in [9.17, 15) is 9.59 Å². The number of fused-ring (bicyclic) bond motifs is 3. The van der Waals surface area contributed by atoms with Gasteiger partial charge in [0.05, 0.1) is 28.7 Å². The molecule has 0 saturated heterocycles. The third kappa shape index (κ3) is 2.38. The molecule has 4 aromatic rings. The summed E-state index contributed by atoms with van der Waals surface area (Å²) in [6.07, 6.45) is 0. The van der Waals surface area contributed by atoms with Crippen molar-refractivity contribution in [3.63, 3.8) is 0 Å². The fourth-order valence-corrected chi connectivity index (χ4v) is 3.50. The Morgan fingerprint density at radius 1 is 1.12 bits per heavy atom. The van der Waals surface area contributed by atoms with Gasteiger partial charge in [-0.15, -0.1) is 0 Å². The van der Waals surface area contributed by atoms with Gasteiger partial charge in [0.25, 0.3) is 11.5 Å². The van der Waals surface area contributed by atoms with Crippen molar-refractivity contribution < 1.29 is 4.79 Å². The molecule has 3 aromatic heterocycles. The maximum absolute atomic E-state index is 13.2. The molecule has 4 rings (SSSR count). The number of rotatable bonds is 3. The Bertz CT molecular complexity index is 1230. The standard InChI is InChI=1S/C20H18N4O2/c1-12-6-5-7-13(22-12)11-24-16-9-4-3-8-14(16)18-15(20(24)26)10-17(19(21)25)23(18)2/h3-10H,11H2,1-2H3,(H2,21,25). The number of nitrogens with zero attached hydrogens (tertiary/aromatic N) is 3. The Kier molecular flexibility index (Phi) is 3.61. The quantitative estimate of drug-likeness (QED) is 0.618. The van der Waals surface area contributed by atoms with Crippen LogP contribution in [0.15, 0.2) is 53.3 Å². The van der Waals surface area contributed by atoms with E-state index in [0.717, 1.165) is 22.3 Å². The van der Waals surface area contributed by atoms with Gasteiger partial charge in [0.2, 0.25) is 0 Å². The van der Waals surface area contributed by atoms with Gasteiger partial charge in [0.1, 0.15) is 5.69 Å². The fourth-order valence-electron chi connectivity index (χ4n) is 3.50. The number of carbonyl (C=O) groups excluding carboxylic acids is 1. The summed E-state index contributed by atoms with van der Waals surface area (Å²) < 4.78 is 3.39. The monoisotopic (exact) mass is 346 g/mol. The van der Waals surface area contributed by atoms with Crippen LogP contribution in [0.1, 0.15) is 21.9 Å². The van der Waals surface area contributed by atoms with Crippen molar-refractivity contribution in [3.8, 4) is 0 Å². The van der Waals surface area contributed by atoms with Crippen molar-refractivity contribution >= 4 is 27.7 Å². The zero-order chi connectivity index (χ0) is 18.4. The molecule has 0 fully saturated rings. The first kappa shape index (κ1) is 16.1. The lowest BCUT2D eigenvalue weighted by atomic mass is 10.1. The Balaban J connectivity index is 2.08. The summed E-state index contributed by atoms with van der Waals surface area (Å²) in [7, 11) is 1.75. The van der Waals surface area contributed by atoms with E-state index in [1.165, 1.54) is 0 Å². The van der Waals surface area contributed by atoms with Crippen molar-refractivity contribution in [1.29, 1.82) is 0 Å². The normalized spacial score (nSPS) is 11.3. The minimum atomic E-state index is -0.556. The molecule has 6 heteroatoms. The topological polar surface area (TPSA) is 82.9 Å². The minimum Gasteiger partial charge on any atom is -0.364 e. The molecule has 26 heavy (non-hydrogen) atoms. The van der Waals surface area contributed by atoms with Crippen LogP contribution in [0.5, 0.6) is 0 Å². The molecule has 130 valence electrons. The molecule has 0 aliphatic rings. The largest absolute Gasteiger partial charge is 0.364 e. The van der Waals surface area contributed by atoms with Crippen LogP contribution in [0.3, 0.4) is 0 Å². The number of para-hydroxylation sites is 1. The van der Waals surface area contributed by atoms with Crippen LogP contribution in [0, 0.1) is 6.92 Å². The predicted molar refractivity (Wildman–Crippen MR) is 101 cm³/mol. The lowest BCUT2D eigenvalue weighted by Gasteiger charge is -2.12. The number of hydrogen-bond acceptors (Lipinski definition) is 3. The lowest BCUT2D eigenvalue weighted by Crippen LogP contribution is -2.22. The number of hydrogen-bond donors (Lipinski definition) is 1. The molecule has 6 nitrogen and oxygen atoms in total. The number of aryl methyl sites for hydroxylation is 2. The average molecular weight is 346 g/mol. The first-order valence-electron chi connectivity index (χ1n) is 8.30. The Morgan fingerprint density at radius 3 is 2.62 bits per heavy atom. The van der Waals surface area contributed by atoms with Gasteiger partial charge in [0.15, 0.2) is 0 Å². The molecular formula is C20H18N4O2. The molecule has 0 atom stereocenters. The molecular weight excluding hydrogens is 328 g/mol. The number of amides is 1. The summed E-state index contributed by atoms with van der Waals surface area (Å²) in [5.41, 5.74) is 8.84. The van der Waals surface area contributed by atoms with Crippen molar-refractivity contribution in [3.05, 3.63) is 76.0 Å². The van der Waals surface area contributed by atoms with Crippen molar-refractivity contribution in [2.75, 3.05) is 0 Å². The lowest BCUT2D eigenvalue weighted by molar-refractivity contribution is 0.0993. The van der Waals surface area contributed by atoms with E-state index < -0.39 is 5.91 Å². The van der Waals surface area contributed by atoms with E-state index in [1.54, 1.807) is 22.2 Å². The maximum atomic E-state index is 13.2. The highest BCUT2D eigenvalue weighted by atomic mass is 16.1. The SMILES string of the molecule is Cc1cccc(Cn2c(=O)c3cc(C(N)=O)n(C)c3c3ccccc32)n1. The maximum Gasteiger partial charge on any atom is 0.265 e. The van der Waals surface area contributed by atoms with E-state index >= 15 is 0 Å². The smallest absolute Gasteiger partial charge is 0.265 e. The van der Waals surface area contributed by atoms with Gasteiger partial charge in [-0.3, -0.25) is 14.6 Å². The van der Waals surface area contributed by atoms with Gasteiger partial charge in [0, 0.05) is 18.1 Å². The third-order valence-electron chi connectivity index (χ3n) is 4.68. The number of benzene rings is 1. The van der Waals surface area contributed by atoms with E-state index in [0.29, 0.717) is 23.1 Å². The highest BCUT2D eigenvalue weighted by molar-refractivity contribution is 6.07. The van der Waals surface area contributed by atoms with Crippen LogP contribution in [-0.2, 0) is 13.6 Å². The molecule has 0 saturated carbocycles. The van der Waals surface area contributed by atoms with E-state index in [-0.39, 0.29) is 5.56 Å². The number of nitrogens with two attached hydrogens (primary N) is 1. The van der Waals surface area contributed by atoms with Gasteiger partial charge in [-0.05, 0) is 31.2 Å². The van der Waals surface area contributed by atoms with Crippen LogP contribution in [0.25, 0.3) is 21.8 Å². The van der Waals surface area contributed by atoms with Crippen LogP contribution in [-0.4, -0.2) is 20.0 Å². The minimum absolute atomic E-state index is 0.162. The molecule has 0 unspecified atom stereocenters. The van der Waals surface area contributed by atoms with Gasteiger partial charge in [-0.2, -0.15) is 0 Å². The van der Waals surface area contributed by atoms with E-state index in [4.69, 9.17) is 5.73 Å². The molecule has 0 spiro atoms. The molecule has 0 bridgehead atoms. The van der Waals surface area contributed by atoms with E-state index in [2.05, 4.69) is 4.98 Å². The average Bonchev–Trinajstić information content (AvgIpc) is 2.97. The molecule has 2 N–H and O–H groups in total. The number of primary amides is 1. The van der Waals surface area contributed by atoms with Crippen LogP contribution in [0.4, 0.5) is 0 Å². The molecule has 1 amide bonds. The molecule has 0 radical (unpaired) electrons. The van der Waals surface area contributed by atoms with Gasteiger partial charge >= 0.3 is 0 Å². The van der Waals surface area contributed by atoms with Crippen molar-refractivity contribution in [1.82, 2.24) is 14.1 Å². The zero-order valence-corrected chi connectivity index (χ0v) is 14.6. The first-order chi connectivity index (χ1) is 12.5. The number of pyridine rings is 2. The summed E-state index contributed by atoms with van der Waals surface area (Å²) in [4.78, 5) is 29.4. The fraction of sp³-hybridized carbons (Fsp3) is 0.150. The molecule has 1 aromatic carbocycles. The highest BCUT2D eigenvalue weighted by Gasteiger charge is 2.18. The number of carbonyl (C=O) groups is 1. The van der Waals surface area contributed by atoms with Gasteiger partial charge in [-0.25, -0.2) is 0 Å². The Hall–Kier alpha value is -3.41. The summed E-state index contributed by atoms with van der Waals surface area (Å²) >= 11 is 0. The summed E-state index contributed by atoms with van der Waals surface area (Å²) in [6.45, 7) is 2.28. The van der Waals surface area contributed by atoms with Crippen LogP contribution < -0.4 is 11.3 Å². The van der Waals surface area contributed by atoms with Crippen molar-refractivity contribution in [2.45, 2.75) is 13.5 Å². The molecule has 0 aliphatic carbocycles. The van der Waals surface area contributed by atoms with Gasteiger partial charge < -0.3 is 14.9 Å². The van der Waals surface area contributed by atoms with Gasteiger partial charge in [-0.1, -0.05) is 24.3 Å². The second kappa shape index (κ2) is 5.84. The highest BCUT2D eigenvalue weighted by Crippen LogP contribution is 2.25. The van der Waals surface area contributed by atoms with E-state index in [1.807, 2.05) is 49.4 Å². The summed E-state index contributed by atoms with van der Waals surface area (Å²) in [5.74, 6) is -0.556. The summed E-state index contributed by atoms with van der Waals surface area (Å²) in [6, 6.07) is 15.0. The summed E-state index contributed by atoms with van der Waals surface area (Å²) in [5, 5.41) is 1.37. The van der Waals surface area contributed by atoms with Crippen molar-refractivity contribution in [2.24, 2.45) is 12.8 Å². The Morgan fingerprint density at radius 2 is 1.88 bits per heavy atom. The Labute approximate surface area is 149 Å². The second-order valence-corrected chi connectivity index (χ2v) is 6.39. The third-order valence-corrected chi connectivity index (χ3v) is 4.68. The molecule has 0 aliphatic heterocycles.